The van der Waals surface area contributed by atoms with Gasteiger partial charge in [-0.15, -0.1) is 0 Å². The number of carbonyl (C=O) groups excluding carboxylic acids is 1. The Kier molecular flexibility index (Phi) is 5.19. The highest BCUT2D eigenvalue weighted by atomic mass is 28.4. The fraction of sp³-hybridized carbons (Fsp3) is 0.941. The van der Waals surface area contributed by atoms with Crippen molar-refractivity contribution in [3.05, 3.63) is 0 Å². The summed E-state index contributed by atoms with van der Waals surface area (Å²) in [6.45, 7) is 13.5. The van der Waals surface area contributed by atoms with Gasteiger partial charge in [0.1, 0.15) is 0 Å². The fourth-order valence-electron chi connectivity index (χ4n) is 3.22. The highest BCUT2D eigenvalue weighted by Gasteiger charge is 2.38. The number of likely N-dealkylation sites (tertiary alicyclic amines) is 1. The average Bonchev–Trinajstić information content (AvgIpc) is 2.82. The molecule has 1 saturated carbocycles. The Morgan fingerprint density at radius 2 is 1.81 bits per heavy atom. The van der Waals surface area contributed by atoms with Crippen molar-refractivity contribution in [2.45, 2.75) is 83.5 Å². The molecule has 0 aromatic carbocycles. The van der Waals surface area contributed by atoms with E-state index in [2.05, 4.69) is 38.8 Å². The Labute approximate surface area is 131 Å². The SMILES string of the molecule is CC(C)(C)[Si](C)(C)OCC1CCC(N2CCCC2=O)CC1. The number of hydrogen-bond donors (Lipinski definition) is 0. The van der Waals surface area contributed by atoms with Crippen molar-refractivity contribution in [1.82, 2.24) is 4.90 Å². The standard InChI is InChI=1S/C17H33NO2Si/c1-17(2,3)21(4,5)20-13-14-8-10-15(11-9-14)18-12-6-7-16(18)19/h14-15H,6-13H2,1-5H3. The molecule has 122 valence electrons. The molecule has 2 aliphatic rings. The average molecular weight is 312 g/mol. The maximum atomic E-state index is 11.8. The zero-order chi connectivity index (χ0) is 15.7. The van der Waals surface area contributed by atoms with Crippen LogP contribution in [0, 0.1) is 5.92 Å². The Balaban J connectivity index is 1.76. The van der Waals surface area contributed by atoms with Crippen molar-refractivity contribution >= 4 is 14.2 Å². The quantitative estimate of drug-likeness (QED) is 0.729. The summed E-state index contributed by atoms with van der Waals surface area (Å²) in [6.07, 6.45) is 6.64. The second-order valence-corrected chi connectivity index (χ2v) is 13.2. The number of hydrogen-bond acceptors (Lipinski definition) is 2. The van der Waals surface area contributed by atoms with Gasteiger partial charge in [0.05, 0.1) is 0 Å². The van der Waals surface area contributed by atoms with Gasteiger partial charge < -0.3 is 9.33 Å². The molecule has 2 rings (SSSR count). The molecule has 0 aromatic heterocycles. The molecule has 0 spiro atoms. The number of rotatable bonds is 4. The molecular weight excluding hydrogens is 278 g/mol. The summed E-state index contributed by atoms with van der Waals surface area (Å²) in [6, 6.07) is 0.518. The van der Waals surface area contributed by atoms with Gasteiger partial charge in [-0.3, -0.25) is 4.79 Å². The van der Waals surface area contributed by atoms with Crippen LogP contribution in [0.4, 0.5) is 0 Å². The third-order valence-corrected chi connectivity index (χ3v) is 10.4. The second kappa shape index (κ2) is 6.41. The molecule has 1 saturated heterocycles. The number of nitrogens with zero attached hydrogens (tertiary/aromatic N) is 1. The van der Waals surface area contributed by atoms with Crippen LogP contribution in [0.25, 0.3) is 0 Å². The predicted molar refractivity (Wildman–Crippen MR) is 89.8 cm³/mol. The van der Waals surface area contributed by atoms with E-state index in [0.29, 0.717) is 22.9 Å². The minimum atomic E-state index is -1.61. The van der Waals surface area contributed by atoms with E-state index in [1.54, 1.807) is 0 Å². The van der Waals surface area contributed by atoms with Crippen LogP contribution >= 0.6 is 0 Å². The maximum absolute atomic E-state index is 11.8. The molecule has 1 heterocycles. The Bertz CT molecular complexity index is 367. The number of amides is 1. The van der Waals surface area contributed by atoms with Crippen LogP contribution in [0.3, 0.4) is 0 Å². The van der Waals surface area contributed by atoms with Gasteiger partial charge in [-0.2, -0.15) is 0 Å². The van der Waals surface area contributed by atoms with E-state index in [9.17, 15) is 4.79 Å². The van der Waals surface area contributed by atoms with E-state index in [1.165, 1.54) is 25.7 Å². The molecular formula is C17H33NO2Si. The zero-order valence-electron chi connectivity index (χ0n) is 14.6. The third-order valence-electron chi connectivity index (χ3n) is 5.85. The highest BCUT2D eigenvalue weighted by molar-refractivity contribution is 6.74. The smallest absolute Gasteiger partial charge is 0.222 e. The van der Waals surface area contributed by atoms with Gasteiger partial charge in [-0.25, -0.2) is 0 Å². The van der Waals surface area contributed by atoms with Gasteiger partial charge in [-0.05, 0) is 56.2 Å². The van der Waals surface area contributed by atoms with Gasteiger partial charge >= 0.3 is 0 Å². The second-order valence-electron chi connectivity index (χ2n) is 8.44. The van der Waals surface area contributed by atoms with Gasteiger partial charge in [0, 0.05) is 25.6 Å². The monoisotopic (exact) mass is 311 g/mol. The van der Waals surface area contributed by atoms with Gasteiger partial charge in [0.25, 0.3) is 0 Å². The van der Waals surface area contributed by atoms with Gasteiger partial charge in [0.2, 0.25) is 5.91 Å². The summed E-state index contributed by atoms with van der Waals surface area (Å²) in [5, 5.41) is 0.298. The molecule has 0 radical (unpaired) electrons. The van der Waals surface area contributed by atoms with Gasteiger partial charge in [-0.1, -0.05) is 20.8 Å². The van der Waals surface area contributed by atoms with E-state index < -0.39 is 8.32 Å². The first-order valence-corrected chi connectivity index (χ1v) is 11.5. The lowest BCUT2D eigenvalue weighted by atomic mass is 9.86. The van der Waals surface area contributed by atoms with Crippen molar-refractivity contribution < 1.29 is 9.22 Å². The van der Waals surface area contributed by atoms with Crippen LogP contribution < -0.4 is 0 Å². The Morgan fingerprint density at radius 3 is 2.29 bits per heavy atom. The first-order chi connectivity index (χ1) is 9.71. The van der Waals surface area contributed by atoms with Crippen LogP contribution in [0.5, 0.6) is 0 Å². The molecule has 0 N–H and O–H groups in total. The molecule has 1 aliphatic heterocycles. The zero-order valence-corrected chi connectivity index (χ0v) is 15.6. The third kappa shape index (κ3) is 4.10. The summed E-state index contributed by atoms with van der Waals surface area (Å²) in [5.74, 6) is 1.09. The Hall–Kier alpha value is -0.353. The highest BCUT2D eigenvalue weighted by Crippen LogP contribution is 2.38. The largest absolute Gasteiger partial charge is 0.417 e. The van der Waals surface area contributed by atoms with E-state index in [0.717, 1.165) is 26.0 Å². The summed E-state index contributed by atoms with van der Waals surface area (Å²) in [7, 11) is -1.61. The predicted octanol–water partition coefficient (Wildman–Crippen LogP) is 4.19. The van der Waals surface area contributed by atoms with Crippen LogP contribution in [-0.2, 0) is 9.22 Å². The lowest BCUT2D eigenvalue weighted by Crippen LogP contribution is -2.43. The fourth-order valence-corrected chi connectivity index (χ4v) is 4.31. The topological polar surface area (TPSA) is 29.5 Å². The maximum Gasteiger partial charge on any atom is 0.222 e. The lowest BCUT2D eigenvalue weighted by molar-refractivity contribution is -0.130. The van der Waals surface area contributed by atoms with E-state index in [4.69, 9.17) is 4.43 Å². The Morgan fingerprint density at radius 1 is 1.19 bits per heavy atom. The van der Waals surface area contributed by atoms with Crippen molar-refractivity contribution in [3.63, 3.8) is 0 Å². The van der Waals surface area contributed by atoms with Crippen molar-refractivity contribution in [1.29, 1.82) is 0 Å². The van der Waals surface area contributed by atoms with Crippen LogP contribution in [-0.4, -0.2) is 38.3 Å². The van der Waals surface area contributed by atoms with Crippen molar-refractivity contribution in [2.24, 2.45) is 5.92 Å². The summed E-state index contributed by atoms with van der Waals surface area (Å²) >= 11 is 0. The molecule has 1 amide bonds. The molecule has 1 aliphatic carbocycles. The molecule has 3 nitrogen and oxygen atoms in total. The van der Waals surface area contributed by atoms with E-state index in [-0.39, 0.29) is 0 Å². The van der Waals surface area contributed by atoms with Crippen molar-refractivity contribution in [3.8, 4) is 0 Å². The first kappa shape index (κ1) is 17.0. The van der Waals surface area contributed by atoms with E-state index in [1.807, 2.05) is 0 Å². The van der Waals surface area contributed by atoms with Crippen molar-refractivity contribution in [2.75, 3.05) is 13.2 Å². The van der Waals surface area contributed by atoms with Crippen LogP contribution in [0.15, 0.2) is 0 Å². The molecule has 0 unspecified atom stereocenters. The summed E-state index contributed by atoms with van der Waals surface area (Å²) in [5.41, 5.74) is 0. The molecule has 21 heavy (non-hydrogen) atoms. The summed E-state index contributed by atoms with van der Waals surface area (Å²) in [4.78, 5) is 14.0. The number of carbonyl (C=O) groups is 1. The summed E-state index contributed by atoms with van der Waals surface area (Å²) < 4.78 is 6.37. The molecule has 4 heteroatoms. The minimum absolute atomic E-state index is 0.298. The molecule has 0 aromatic rings. The minimum Gasteiger partial charge on any atom is -0.417 e. The van der Waals surface area contributed by atoms with Crippen LogP contribution in [0.2, 0.25) is 18.1 Å². The van der Waals surface area contributed by atoms with E-state index >= 15 is 0 Å². The van der Waals surface area contributed by atoms with Gasteiger partial charge in [0.15, 0.2) is 8.32 Å². The molecule has 0 bridgehead atoms. The normalized spacial score (nSPS) is 28.2. The molecule has 2 fully saturated rings. The lowest BCUT2D eigenvalue weighted by Gasteiger charge is -2.39. The molecule has 0 atom stereocenters. The van der Waals surface area contributed by atoms with Crippen LogP contribution in [0.1, 0.15) is 59.3 Å². The first-order valence-electron chi connectivity index (χ1n) is 8.64.